The van der Waals surface area contributed by atoms with E-state index in [4.69, 9.17) is 9.47 Å². The molecular weight excluding hydrogens is 264 g/mol. The standard InChI is InChI=1S/C18H24O3/c1-13-5-6-15(16(11-13)20-2)17(19)14-7-10-21-18(12-14)8-3-4-9-18/h5-6,11,14H,3-4,7-10,12H2,1-2H3. The predicted molar refractivity (Wildman–Crippen MR) is 81.9 cm³/mol. The van der Waals surface area contributed by atoms with Crippen molar-refractivity contribution in [3.63, 3.8) is 0 Å². The Morgan fingerprint density at radius 1 is 1.33 bits per heavy atom. The Morgan fingerprint density at radius 2 is 2.10 bits per heavy atom. The summed E-state index contributed by atoms with van der Waals surface area (Å²) in [6, 6.07) is 5.84. The van der Waals surface area contributed by atoms with Gasteiger partial charge in [-0.2, -0.15) is 0 Å². The van der Waals surface area contributed by atoms with E-state index in [1.54, 1.807) is 7.11 Å². The van der Waals surface area contributed by atoms with Gasteiger partial charge in [0.15, 0.2) is 5.78 Å². The van der Waals surface area contributed by atoms with Gasteiger partial charge in [0.1, 0.15) is 5.75 Å². The minimum atomic E-state index is -0.0174. The number of carbonyl (C=O) groups excluding carboxylic acids is 1. The summed E-state index contributed by atoms with van der Waals surface area (Å²) in [5.41, 5.74) is 1.82. The summed E-state index contributed by atoms with van der Waals surface area (Å²) in [7, 11) is 1.63. The van der Waals surface area contributed by atoms with Crippen molar-refractivity contribution in [3.8, 4) is 5.75 Å². The Kier molecular flexibility index (Phi) is 4.03. The fourth-order valence-electron chi connectivity index (χ4n) is 3.84. The van der Waals surface area contributed by atoms with Crippen LogP contribution in [-0.4, -0.2) is 25.1 Å². The number of hydrogen-bond acceptors (Lipinski definition) is 3. The van der Waals surface area contributed by atoms with Crippen LogP contribution in [0.3, 0.4) is 0 Å². The molecule has 114 valence electrons. The van der Waals surface area contributed by atoms with Gasteiger partial charge in [0.2, 0.25) is 0 Å². The maximum atomic E-state index is 12.9. The Balaban J connectivity index is 1.81. The number of benzene rings is 1. The molecule has 0 amide bonds. The van der Waals surface area contributed by atoms with Gasteiger partial charge in [-0.25, -0.2) is 0 Å². The van der Waals surface area contributed by atoms with E-state index in [-0.39, 0.29) is 17.3 Å². The first-order chi connectivity index (χ1) is 10.1. The molecule has 1 saturated carbocycles. The number of carbonyl (C=O) groups is 1. The summed E-state index contributed by atoms with van der Waals surface area (Å²) in [6.07, 6.45) is 6.40. The Morgan fingerprint density at radius 3 is 2.81 bits per heavy atom. The Hall–Kier alpha value is -1.35. The van der Waals surface area contributed by atoms with E-state index in [1.165, 1.54) is 12.8 Å². The van der Waals surface area contributed by atoms with Crippen molar-refractivity contribution in [2.75, 3.05) is 13.7 Å². The van der Waals surface area contributed by atoms with Crippen LogP contribution in [0.25, 0.3) is 0 Å². The van der Waals surface area contributed by atoms with Gasteiger partial charge in [0, 0.05) is 12.5 Å². The first kappa shape index (κ1) is 14.6. The Labute approximate surface area is 126 Å². The lowest BCUT2D eigenvalue weighted by Crippen LogP contribution is -2.39. The van der Waals surface area contributed by atoms with Gasteiger partial charge in [0.25, 0.3) is 0 Å². The summed E-state index contributed by atoms with van der Waals surface area (Å²) in [5, 5.41) is 0. The molecule has 0 radical (unpaired) electrons. The second kappa shape index (κ2) is 5.80. The van der Waals surface area contributed by atoms with Crippen LogP contribution >= 0.6 is 0 Å². The fourth-order valence-corrected chi connectivity index (χ4v) is 3.84. The lowest BCUT2D eigenvalue weighted by molar-refractivity contribution is -0.0866. The highest BCUT2D eigenvalue weighted by Gasteiger charge is 2.42. The molecule has 0 N–H and O–H groups in total. The van der Waals surface area contributed by atoms with E-state index in [9.17, 15) is 4.79 Å². The van der Waals surface area contributed by atoms with Gasteiger partial charge in [-0.15, -0.1) is 0 Å². The molecule has 1 unspecified atom stereocenters. The smallest absolute Gasteiger partial charge is 0.169 e. The lowest BCUT2D eigenvalue weighted by Gasteiger charge is -2.37. The topological polar surface area (TPSA) is 35.5 Å². The average Bonchev–Trinajstić information content (AvgIpc) is 2.94. The molecule has 0 aromatic heterocycles. The van der Waals surface area contributed by atoms with Crippen molar-refractivity contribution in [1.82, 2.24) is 0 Å². The number of aryl methyl sites for hydroxylation is 1. The molecule has 1 saturated heterocycles. The van der Waals surface area contributed by atoms with Gasteiger partial charge in [-0.1, -0.05) is 18.9 Å². The highest BCUT2D eigenvalue weighted by Crippen LogP contribution is 2.43. The van der Waals surface area contributed by atoms with Crippen molar-refractivity contribution in [1.29, 1.82) is 0 Å². The summed E-state index contributed by atoms with van der Waals surface area (Å²) in [4.78, 5) is 12.9. The molecule has 3 nitrogen and oxygen atoms in total. The molecule has 1 aromatic carbocycles. The minimum Gasteiger partial charge on any atom is -0.496 e. The fraction of sp³-hybridized carbons (Fsp3) is 0.611. The highest BCUT2D eigenvalue weighted by atomic mass is 16.5. The molecule has 1 aliphatic heterocycles. The van der Waals surface area contributed by atoms with Crippen LogP contribution in [0.1, 0.15) is 54.4 Å². The van der Waals surface area contributed by atoms with Crippen LogP contribution in [0.4, 0.5) is 0 Å². The minimum absolute atomic E-state index is 0.0174. The first-order valence-corrected chi connectivity index (χ1v) is 7.96. The van der Waals surface area contributed by atoms with Crippen molar-refractivity contribution in [3.05, 3.63) is 29.3 Å². The lowest BCUT2D eigenvalue weighted by atomic mass is 9.80. The maximum absolute atomic E-state index is 12.9. The van der Waals surface area contributed by atoms with E-state index in [0.29, 0.717) is 12.4 Å². The molecule has 1 aliphatic carbocycles. The number of rotatable bonds is 3. The zero-order valence-electron chi connectivity index (χ0n) is 13.0. The van der Waals surface area contributed by atoms with Crippen molar-refractivity contribution >= 4 is 5.78 Å². The number of Topliss-reactive ketones (excluding diaryl/α,β-unsaturated/α-hetero) is 1. The van der Waals surface area contributed by atoms with Crippen LogP contribution in [0.2, 0.25) is 0 Å². The first-order valence-electron chi connectivity index (χ1n) is 7.96. The zero-order valence-corrected chi connectivity index (χ0v) is 13.0. The number of hydrogen-bond donors (Lipinski definition) is 0. The van der Waals surface area contributed by atoms with Gasteiger partial charge in [-0.3, -0.25) is 4.79 Å². The molecule has 21 heavy (non-hydrogen) atoms. The molecule has 1 heterocycles. The third-order valence-corrected chi connectivity index (χ3v) is 5.00. The van der Waals surface area contributed by atoms with E-state index in [0.717, 1.165) is 36.8 Å². The molecule has 1 spiro atoms. The van der Waals surface area contributed by atoms with Gasteiger partial charge >= 0.3 is 0 Å². The summed E-state index contributed by atoms with van der Waals surface area (Å²) >= 11 is 0. The molecule has 1 aromatic rings. The molecule has 0 bridgehead atoms. The number of ketones is 1. The molecule has 2 fully saturated rings. The molecule has 3 rings (SSSR count). The molecule has 2 aliphatic rings. The van der Waals surface area contributed by atoms with E-state index in [2.05, 4.69) is 0 Å². The van der Waals surface area contributed by atoms with Crippen LogP contribution in [0, 0.1) is 12.8 Å². The zero-order chi connectivity index (χ0) is 14.9. The third-order valence-electron chi connectivity index (χ3n) is 5.00. The van der Waals surface area contributed by atoms with Crippen LogP contribution in [-0.2, 0) is 4.74 Å². The van der Waals surface area contributed by atoms with Gasteiger partial charge in [0.05, 0.1) is 18.3 Å². The number of methoxy groups -OCH3 is 1. The monoisotopic (exact) mass is 288 g/mol. The summed E-state index contributed by atoms with van der Waals surface area (Å²) in [6.45, 7) is 2.73. The van der Waals surface area contributed by atoms with Crippen LogP contribution in [0.5, 0.6) is 5.75 Å². The predicted octanol–water partition coefficient (Wildman–Crippen LogP) is 3.93. The van der Waals surface area contributed by atoms with Crippen molar-refractivity contribution < 1.29 is 14.3 Å². The number of ether oxygens (including phenoxy) is 2. The molecule has 1 atom stereocenters. The van der Waals surface area contributed by atoms with Crippen LogP contribution in [0.15, 0.2) is 18.2 Å². The summed E-state index contributed by atoms with van der Waals surface area (Å²) in [5.74, 6) is 1.00. The SMILES string of the molecule is COc1cc(C)ccc1C(=O)C1CCOC2(CCCC2)C1. The van der Waals surface area contributed by atoms with Gasteiger partial charge < -0.3 is 9.47 Å². The van der Waals surface area contributed by atoms with E-state index >= 15 is 0 Å². The second-order valence-corrected chi connectivity index (χ2v) is 6.50. The maximum Gasteiger partial charge on any atom is 0.169 e. The van der Waals surface area contributed by atoms with Crippen molar-refractivity contribution in [2.24, 2.45) is 5.92 Å². The highest BCUT2D eigenvalue weighted by molar-refractivity contribution is 6.00. The molecular formula is C18H24O3. The quantitative estimate of drug-likeness (QED) is 0.791. The van der Waals surface area contributed by atoms with Crippen molar-refractivity contribution in [2.45, 2.75) is 51.0 Å². The molecule has 3 heteroatoms. The third kappa shape index (κ3) is 2.84. The largest absolute Gasteiger partial charge is 0.496 e. The normalized spacial score (nSPS) is 24.2. The summed E-state index contributed by atoms with van der Waals surface area (Å²) < 4.78 is 11.4. The second-order valence-electron chi connectivity index (χ2n) is 6.50. The van der Waals surface area contributed by atoms with Gasteiger partial charge in [-0.05, 0) is 50.3 Å². The van der Waals surface area contributed by atoms with E-state index < -0.39 is 0 Å². The Bertz CT molecular complexity index is 529. The van der Waals surface area contributed by atoms with Crippen LogP contribution < -0.4 is 4.74 Å². The van der Waals surface area contributed by atoms with E-state index in [1.807, 2.05) is 25.1 Å². The average molecular weight is 288 g/mol.